The van der Waals surface area contributed by atoms with Crippen molar-refractivity contribution in [2.75, 3.05) is 34.4 Å². The molecular weight excluding hydrogens is 383 g/mol. The van der Waals surface area contributed by atoms with E-state index in [1.807, 2.05) is 0 Å². The minimum absolute atomic E-state index is 0.120. The fourth-order valence-electron chi connectivity index (χ4n) is 1.85. The van der Waals surface area contributed by atoms with Gasteiger partial charge in [0.05, 0.1) is 17.6 Å². The molecule has 27 heavy (non-hydrogen) atoms. The third-order valence-electron chi connectivity index (χ3n) is 3.38. The Balaban J connectivity index is 2.65. The normalized spacial score (nSPS) is 11.1. The molecule has 0 aromatic heterocycles. The number of esters is 2. The Bertz CT molecular complexity index is 809. The average molecular weight is 404 g/mol. The standard InChI is InChI=1S/C16H21FN2O7S/c1-19(2)27(23,24)11-6-7-13(17)12(9-11)16(22)26-10-14(20)18-8-4-5-15(21)25-3/h6-7,9H,4-5,8,10H2,1-3H3,(H,18,20). The predicted octanol–water partition coefficient (Wildman–Crippen LogP) is 0.302. The zero-order valence-electron chi connectivity index (χ0n) is 15.2. The Labute approximate surface area is 156 Å². The maximum Gasteiger partial charge on any atom is 0.341 e. The highest BCUT2D eigenvalue weighted by molar-refractivity contribution is 7.89. The number of halogens is 1. The van der Waals surface area contributed by atoms with Crippen molar-refractivity contribution in [3.8, 4) is 0 Å². The van der Waals surface area contributed by atoms with E-state index in [4.69, 9.17) is 4.74 Å². The lowest BCUT2D eigenvalue weighted by Crippen LogP contribution is -2.30. The van der Waals surface area contributed by atoms with Gasteiger partial charge in [0.2, 0.25) is 10.0 Å². The molecule has 0 aliphatic rings. The highest BCUT2D eigenvalue weighted by Crippen LogP contribution is 2.18. The van der Waals surface area contributed by atoms with E-state index < -0.39 is 45.9 Å². The van der Waals surface area contributed by atoms with E-state index >= 15 is 0 Å². The lowest BCUT2D eigenvalue weighted by atomic mass is 10.2. The zero-order valence-corrected chi connectivity index (χ0v) is 16.0. The van der Waals surface area contributed by atoms with Gasteiger partial charge in [0.15, 0.2) is 6.61 Å². The molecule has 1 aromatic carbocycles. The molecule has 150 valence electrons. The van der Waals surface area contributed by atoms with Crippen molar-refractivity contribution in [2.45, 2.75) is 17.7 Å². The van der Waals surface area contributed by atoms with Gasteiger partial charge < -0.3 is 14.8 Å². The van der Waals surface area contributed by atoms with E-state index in [1.165, 1.54) is 21.2 Å². The summed E-state index contributed by atoms with van der Waals surface area (Å²) in [5.74, 6) is -3.21. The van der Waals surface area contributed by atoms with Crippen molar-refractivity contribution in [2.24, 2.45) is 0 Å². The summed E-state index contributed by atoms with van der Waals surface area (Å²) in [5, 5.41) is 2.41. The van der Waals surface area contributed by atoms with Gasteiger partial charge in [-0.1, -0.05) is 0 Å². The summed E-state index contributed by atoms with van der Waals surface area (Å²) in [4.78, 5) is 34.2. The number of carbonyl (C=O) groups excluding carboxylic acids is 3. The minimum Gasteiger partial charge on any atom is -0.469 e. The second-order valence-corrected chi connectivity index (χ2v) is 7.69. The van der Waals surface area contributed by atoms with Crippen LogP contribution in [0.1, 0.15) is 23.2 Å². The molecule has 0 fully saturated rings. The summed E-state index contributed by atoms with van der Waals surface area (Å²) in [6.07, 6.45) is 0.459. The first-order valence-corrected chi connectivity index (χ1v) is 9.26. The maximum atomic E-state index is 13.8. The van der Waals surface area contributed by atoms with E-state index in [1.54, 1.807) is 0 Å². The molecule has 1 aromatic rings. The average Bonchev–Trinajstić information content (AvgIpc) is 2.62. The number of methoxy groups -OCH3 is 1. The van der Waals surface area contributed by atoms with Crippen LogP contribution in [0, 0.1) is 5.82 Å². The summed E-state index contributed by atoms with van der Waals surface area (Å²) >= 11 is 0. The van der Waals surface area contributed by atoms with Crippen LogP contribution in [0.2, 0.25) is 0 Å². The van der Waals surface area contributed by atoms with Crippen LogP contribution in [0.4, 0.5) is 4.39 Å². The molecule has 0 spiro atoms. The molecule has 0 aliphatic heterocycles. The zero-order chi connectivity index (χ0) is 20.6. The van der Waals surface area contributed by atoms with E-state index in [0.29, 0.717) is 6.42 Å². The number of hydrogen-bond donors (Lipinski definition) is 1. The lowest BCUT2D eigenvalue weighted by Gasteiger charge is -2.12. The van der Waals surface area contributed by atoms with E-state index in [0.717, 1.165) is 22.5 Å². The highest BCUT2D eigenvalue weighted by Gasteiger charge is 2.22. The van der Waals surface area contributed by atoms with Crippen molar-refractivity contribution in [3.63, 3.8) is 0 Å². The van der Waals surface area contributed by atoms with Gasteiger partial charge in [0, 0.05) is 27.1 Å². The molecule has 1 N–H and O–H groups in total. The van der Waals surface area contributed by atoms with Gasteiger partial charge in [-0.2, -0.15) is 0 Å². The molecule has 9 nitrogen and oxygen atoms in total. The molecule has 0 aliphatic carbocycles. The van der Waals surface area contributed by atoms with Gasteiger partial charge in [-0.25, -0.2) is 21.9 Å². The number of hydrogen-bond acceptors (Lipinski definition) is 7. The summed E-state index contributed by atoms with van der Waals surface area (Å²) < 4.78 is 48.0. The number of nitrogens with one attached hydrogen (secondary N) is 1. The van der Waals surface area contributed by atoms with Crippen molar-refractivity contribution in [3.05, 3.63) is 29.6 Å². The second-order valence-electron chi connectivity index (χ2n) is 5.53. The maximum absolute atomic E-state index is 13.8. The SMILES string of the molecule is COC(=O)CCCNC(=O)COC(=O)c1cc(S(=O)(=O)N(C)C)ccc1F. The Morgan fingerprint density at radius 2 is 1.89 bits per heavy atom. The van der Waals surface area contributed by atoms with Crippen LogP contribution in [0.5, 0.6) is 0 Å². The van der Waals surface area contributed by atoms with E-state index in [9.17, 15) is 27.2 Å². The van der Waals surface area contributed by atoms with Gasteiger partial charge >= 0.3 is 11.9 Å². The van der Waals surface area contributed by atoms with Crippen molar-refractivity contribution < 1.29 is 36.7 Å². The van der Waals surface area contributed by atoms with E-state index in [-0.39, 0.29) is 17.9 Å². The number of ether oxygens (including phenoxy) is 2. The van der Waals surface area contributed by atoms with Crippen LogP contribution in [-0.4, -0.2) is 64.9 Å². The quantitative estimate of drug-likeness (QED) is 0.464. The first kappa shape index (κ1) is 22.5. The van der Waals surface area contributed by atoms with Gasteiger partial charge in [-0.05, 0) is 24.6 Å². The Morgan fingerprint density at radius 3 is 2.48 bits per heavy atom. The largest absolute Gasteiger partial charge is 0.469 e. The Hall–Kier alpha value is -2.53. The third-order valence-corrected chi connectivity index (χ3v) is 5.19. The molecule has 0 unspecified atom stereocenters. The predicted molar refractivity (Wildman–Crippen MR) is 91.8 cm³/mol. The van der Waals surface area contributed by atoms with Gasteiger partial charge in [-0.15, -0.1) is 0 Å². The van der Waals surface area contributed by atoms with Crippen LogP contribution in [0.3, 0.4) is 0 Å². The fraction of sp³-hybridized carbons (Fsp3) is 0.438. The van der Waals surface area contributed by atoms with Crippen molar-refractivity contribution >= 4 is 27.9 Å². The van der Waals surface area contributed by atoms with Crippen molar-refractivity contribution in [1.29, 1.82) is 0 Å². The first-order valence-electron chi connectivity index (χ1n) is 7.82. The van der Waals surface area contributed by atoms with Gasteiger partial charge in [-0.3, -0.25) is 9.59 Å². The molecule has 0 saturated heterocycles. The molecule has 11 heteroatoms. The first-order chi connectivity index (χ1) is 12.6. The van der Waals surface area contributed by atoms with Crippen molar-refractivity contribution in [1.82, 2.24) is 9.62 Å². The van der Waals surface area contributed by atoms with Crippen LogP contribution in [0.25, 0.3) is 0 Å². The summed E-state index contributed by atoms with van der Waals surface area (Å²) in [5.41, 5.74) is -0.601. The molecule has 0 atom stereocenters. The molecule has 0 radical (unpaired) electrons. The van der Waals surface area contributed by atoms with Gasteiger partial charge in [0.1, 0.15) is 5.82 Å². The minimum atomic E-state index is -3.86. The van der Waals surface area contributed by atoms with Crippen LogP contribution < -0.4 is 5.32 Å². The summed E-state index contributed by atoms with van der Waals surface area (Å²) in [7, 11) is -0.0293. The molecule has 0 saturated carbocycles. The van der Waals surface area contributed by atoms with Crippen LogP contribution in [0.15, 0.2) is 23.1 Å². The molecule has 0 bridgehead atoms. The fourth-order valence-corrected chi connectivity index (χ4v) is 2.78. The lowest BCUT2D eigenvalue weighted by molar-refractivity contribution is -0.140. The number of nitrogens with zero attached hydrogens (tertiary/aromatic N) is 1. The summed E-state index contributed by atoms with van der Waals surface area (Å²) in [6.45, 7) is -0.516. The van der Waals surface area contributed by atoms with E-state index in [2.05, 4.69) is 10.1 Å². The van der Waals surface area contributed by atoms with Gasteiger partial charge in [0.25, 0.3) is 5.91 Å². The Morgan fingerprint density at radius 1 is 1.22 bits per heavy atom. The molecule has 1 rings (SSSR count). The highest BCUT2D eigenvalue weighted by atomic mass is 32.2. The second kappa shape index (κ2) is 9.97. The Kier molecular flexibility index (Phi) is 8.32. The summed E-state index contributed by atoms with van der Waals surface area (Å²) in [6, 6.07) is 2.70. The molecular formula is C16H21FN2O7S. The monoisotopic (exact) mass is 404 g/mol. The number of amides is 1. The van der Waals surface area contributed by atoms with Crippen LogP contribution >= 0.6 is 0 Å². The number of carbonyl (C=O) groups is 3. The van der Waals surface area contributed by atoms with Crippen LogP contribution in [-0.2, 0) is 29.1 Å². The molecule has 0 heterocycles. The number of rotatable bonds is 9. The third kappa shape index (κ3) is 6.61. The number of sulfonamides is 1. The smallest absolute Gasteiger partial charge is 0.341 e. The number of benzene rings is 1. The molecule has 1 amide bonds. The topological polar surface area (TPSA) is 119 Å².